The maximum absolute atomic E-state index is 13.2. The quantitative estimate of drug-likeness (QED) is 0.858. The van der Waals surface area contributed by atoms with Crippen LogP contribution in [0.15, 0.2) is 30.5 Å². The van der Waals surface area contributed by atoms with Gasteiger partial charge in [0.25, 0.3) is 5.91 Å². The molecule has 1 heterocycles. The van der Waals surface area contributed by atoms with Crippen LogP contribution in [0.2, 0.25) is 10.2 Å². The number of benzene rings is 1. The molecular weight excluding hydrogens is 321 g/mol. The number of carbonyl (C=O) groups is 1. The van der Waals surface area contributed by atoms with Crippen LogP contribution >= 0.6 is 23.2 Å². The second-order valence-electron chi connectivity index (χ2n) is 4.36. The molecule has 0 bridgehead atoms. The van der Waals surface area contributed by atoms with E-state index >= 15 is 0 Å². The average Bonchev–Trinajstić information content (AvgIpc) is 2.44. The Balaban J connectivity index is 2.18. The summed E-state index contributed by atoms with van der Waals surface area (Å²) in [6.07, 6.45) is 1.26. The van der Waals surface area contributed by atoms with Crippen molar-refractivity contribution in [3.05, 3.63) is 63.4 Å². The number of amides is 1. The summed E-state index contributed by atoms with van der Waals surface area (Å²) in [4.78, 5) is 15.8. The largest absolute Gasteiger partial charge is 0.345 e. The third-order valence-electron chi connectivity index (χ3n) is 2.86. The highest BCUT2D eigenvalue weighted by Crippen LogP contribution is 2.20. The lowest BCUT2D eigenvalue weighted by molar-refractivity contribution is 0.0940. The van der Waals surface area contributed by atoms with Gasteiger partial charge in [-0.05, 0) is 30.7 Å². The number of carbonyl (C=O) groups excluding carboxylic acids is 1. The lowest BCUT2D eigenvalue weighted by Gasteiger charge is -2.15. The SMILES string of the molecule is CC(NC(=O)c1cc(Cl)ncc1Cl)c1ccc(F)c(F)c1. The van der Waals surface area contributed by atoms with E-state index in [0.29, 0.717) is 5.56 Å². The minimum absolute atomic E-state index is 0.130. The van der Waals surface area contributed by atoms with E-state index in [2.05, 4.69) is 10.3 Å². The summed E-state index contributed by atoms with van der Waals surface area (Å²) in [5.41, 5.74) is 0.588. The van der Waals surface area contributed by atoms with Crippen LogP contribution in [0.1, 0.15) is 28.9 Å². The summed E-state index contributed by atoms with van der Waals surface area (Å²) in [6.45, 7) is 1.64. The van der Waals surface area contributed by atoms with E-state index in [0.717, 1.165) is 12.1 Å². The molecule has 2 rings (SSSR count). The normalized spacial score (nSPS) is 12.0. The van der Waals surface area contributed by atoms with Crippen molar-refractivity contribution in [3.8, 4) is 0 Å². The van der Waals surface area contributed by atoms with Gasteiger partial charge in [0.15, 0.2) is 11.6 Å². The van der Waals surface area contributed by atoms with Crippen molar-refractivity contribution in [1.82, 2.24) is 10.3 Å². The number of nitrogens with one attached hydrogen (secondary N) is 1. The molecule has 1 amide bonds. The van der Waals surface area contributed by atoms with E-state index in [1.165, 1.54) is 18.3 Å². The van der Waals surface area contributed by atoms with Crippen LogP contribution in [0, 0.1) is 11.6 Å². The number of nitrogens with zero attached hydrogens (tertiary/aromatic N) is 1. The molecule has 2 aromatic rings. The standard InChI is InChI=1S/C14H10Cl2F2N2O/c1-7(8-2-3-11(17)12(18)4-8)20-14(21)9-5-13(16)19-6-10(9)15/h2-7H,1H3,(H,20,21). The number of pyridine rings is 1. The first kappa shape index (κ1) is 15.7. The summed E-state index contributed by atoms with van der Waals surface area (Å²) >= 11 is 11.6. The molecule has 0 saturated heterocycles. The average molecular weight is 331 g/mol. The third kappa shape index (κ3) is 3.68. The lowest BCUT2D eigenvalue weighted by Crippen LogP contribution is -2.27. The van der Waals surface area contributed by atoms with E-state index in [4.69, 9.17) is 23.2 Å². The van der Waals surface area contributed by atoms with Crippen molar-refractivity contribution in [3.63, 3.8) is 0 Å². The topological polar surface area (TPSA) is 42.0 Å². The fourth-order valence-corrected chi connectivity index (χ4v) is 2.07. The first-order valence-electron chi connectivity index (χ1n) is 5.95. The fraction of sp³-hybridized carbons (Fsp3) is 0.143. The van der Waals surface area contributed by atoms with Crippen molar-refractivity contribution in [1.29, 1.82) is 0 Å². The first-order chi connectivity index (χ1) is 9.88. The molecule has 1 aromatic heterocycles. The molecule has 0 spiro atoms. The second kappa shape index (κ2) is 6.37. The lowest BCUT2D eigenvalue weighted by atomic mass is 10.1. The minimum atomic E-state index is -0.974. The summed E-state index contributed by atoms with van der Waals surface area (Å²) in [5, 5.41) is 2.91. The van der Waals surface area contributed by atoms with Gasteiger partial charge < -0.3 is 5.32 Å². The van der Waals surface area contributed by atoms with Gasteiger partial charge in [0.05, 0.1) is 16.6 Å². The molecule has 0 aliphatic rings. The smallest absolute Gasteiger partial charge is 0.253 e. The van der Waals surface area contributed by atoms with Crippen molar-refractivity contribution in [2.24, 2.45) is 0 Å². The zero-order valence-electron chi connectivity index (χ0n) is 10.8. The molecule has 3 nitrogen and oxygen atoms in total. The Bertz CT molecular complexity index is 695. The van der Waals surface area contributed by atoms with Gasteiger partial charge in [-0.3, -0.25) is 4.79 Å². The predicted octanol–water partition coefficient (Wildman–Crippen LogP) is 4.16. The Morgan fingerprint density at radius 2 is 1.95 bits per heavy atom. The molecule has 0 aliphatic heterocycles. The molecule has 0 saturated carbocycles. The number of hydrogen-bond acceptors (Lipinski definition) is 2. The Kier molecular flexibility index (Phi) is 4.75. The van der Waals surface area contributed by atoms with Crippen LogP contribution in [0.4, 0.5) is 8.78 Å². The van der Waals surface area contributed by atoms with E-state index in [1.807, 2.05) is 0 Å². The second-order valence-corrected chi connectivity index (χ2v) is 5.15. The van der Waals surface area contributed by atoms with Gasteiger partial charge in [0.2, 0.25) is 0 Å². The van der Waals surface area contributed by atoms with E-state index in [1.54, 1.807) is 6.92 Å². The van der Waals surface area contributed by atoms with E-state index < -0.39 is 23.6 Å². The Morgan fingerprint density at radius 1 is 1.24 bits per heavy atom. The van der Waals surface area contributed by atoms with Gasteiger partial charge in [-0.2, -0.15) is 0 Å². The van der Waals surface area contributed by atoms with Crippen molar-refractivity contribution in [2.75, 3.05) is 0 Å². The third-order valence-corrected chi connectivity index (χ3v) is 3.37. The molecule has 21 heavy (non-hydrogen) atoms. The van der Waals surface area contributed by atoms with Crippen molar-refractivity contribution in [2.45, 2.75) is 13.0 Å². The maximum atomic E-state index is 13.2. The molecule has 0 radical (unpaired) electrons. The van der Waals surface area contributed by atoms with Gasteiger partial charge in [-0.25, -0.2) is 13.8 Å². The summed E-state index contributed by atoms with van der Waals surface area (Å²) < 4.78 is 26.1. The highest BCUT2D eigenvalue weighted by Gasteiger charge is 2.16. The van der Waals surface area contributed by atoms with Crippen LogP contribution in [-0.4, -0.2) is 10.9 Å². The summed E-state index contributed by atoms with van der Waals surface area (Å²) in [6, 6.07) is 4.22. The van der Waals surface area contributed by atoms with Crippen LogP contribution < -0.4 is 5.32 Å². The Morgan fingerprint density at radius 3 is 2.62 bits per heavy atom. The van der Waals surface area contributed by atoms with Crippen LogP contribution in [0.3, 0.4) is 0 Å². The zero-order chi connectivity index (χ0) is 15.6. The first-order valence-corrected chi connectivity index (χ1v) is 6.71. The van der Waals surface area contributed by atoms with Crippen LogP contribution in [-0.2, 0) is 0 Å². The summed E-state index contributed by atoms with van der Waals surface area (Å²) in [5.74, 6) is -2.40. The molecule has 0 aliphatic carbocycles. The predicted molar refractivity (Wildman–Crippen MR) is 76.5 cm³/mol. The van der Waals surface area contributed by atoms with Gasteiger partial charge >= 0.3 is 0 Å². The molecule has 0 fully saturated rings. The highest BCUT2D eigenvalue weighted by atomic mass is 35.5. The monoisotopic (exact) mass is 330 g/mol. The molecule has 1 atom stereocenters. The number of rotatable bonds is 3. The Hall–Kier alpha value is -1.72. The maximum Gasteiger partial charge on any atom is 0.253 e. The molecular formula is C14H10Cl2F2N2O. The van der Waals surface area contributed by atoms with Gasteiger partial charge in [-0.1, -0.05) is 29.3 Å². The Labute approximate surface area is 129 Å². The van der Waals surface area contributed by atoms with Crippen molar-refractivity contribution >= 4 is 29.1 Å². The minimum Gasteiger partial charge on any atom is -0.345 e. The molecule has 1 N–H and O–H groups in total. The van der Waals surface area contributed by atoms with Crippen molar-refractivity contribution < 1.29 is 13.6 Å². The molecule has 7 heteroatoms. The van der Waals surface area contributed by atoms with Crippen LogP contribution in [0.5, 0.6) is 0 Å². The molecule has 110 valence electrons. The summed E-state index contributed by atoms with van der Waals surface area (Å²) in [7, 11) is 0. The highest BCUT2D eigenvalue weighted by molar-refractivity contribution is 6.35. The zero-order valence-corrected chi connectivity index (χ0v) is 12.3. The number of halogens is 4. The van der Waals surface area contributed by atoms with Gasteiger partial charge in [0.1, 0.15) is 5.15 Å². The van der Waals surface area contributed by atoms with E-state index in [9.17, 15) is 13.6 Å². The molecule has 1 unspecified atom stereocenters. The fourth-order valence-electron chi connectivity index (χ4n) is 1.73. The van der Waals surface area contributed by atoms with Crippen LogP contribution in [0.25, 0.3) is 0 Å². The van der Waals surface area contributed by atoms with E-state index in [-0.39, 0.29) is 15.7 Å². The van der Waals surface area contributed by atoms with Gasteiger partial charge in [0, 0.05) is 6.20 Å². The number of hydrogen-bond donors (Lipinski definition) is 1. The molecule has 1 aromatic carbocycles. The van der Waals surface area contributed by atoms with Gasteiger partial charge in [-0.15, -0.1) is 0 Å². The number of aromatic nitrogens is 1.